The summed E-state index contributed by atoms with van der Waals surface area (Å²) in [7, 11) is 0. The lowest BCUT2D eigenvalue weighted by Gasteiger charge is -2.21. The Labute approximate surface area is 151 Å². The van der Waals surface area contributed by atoms with E-state index in [1.807, 2.05) is 18.2 Å². The highest BCUT2D eigenvalue weighted by Gasteiger charge is 2.23. The second-order valence-corrected chi connectivity index (χ2v) is 7.61. The zero-order valence-electron chi connectivity index (χ0n) is 15.9. The average molecular weight is 345 g/mol. The van der Waals surface area contributed by atoms with Gasteiger partial charge in [0.2, 0.25) is 0 Å². The third-order valence-corrected chi connectivity index (χ3v) is 4.92. The van der Waals surface area contributed by atoms with Crippen LogP contribution in [0.4, 0.5) is 5.69 Å². The van der Waals surface area contributed by atoms with E-state index in [1.54, 1.807) is 0 Å². The highest BCUT2D eigenvalue weighted by Crippen LogP contribution is 2.32. The Balaban J connectivity index is 2.01. The Morgan fingerprint density at radius 1 is 1.04 bits per heavy atom. The van der Waals surface area contributed by atoms with Crippen molar-refractivity contribution < 1.29 is 14.3 Å². The Bertz CT molecular complexity index is 575. The maximum Gasteiger partial charge on any atom is 0.309 e. The van der Waals surface area contributed by atoms with Crippen LogP contribution >= 0.6 is 0 Å². The summed E-state index contributed by atoms with van der Waals surface area (Å²) in [4.78, 5) is 24.5. The molecule has 4 heteroatoms. The van der Waals surface area contributed by atoms with Gasteiger partial charge in [0.1, 0.15) is 0 Å². The Kier molecular flexibility index (Phi) is 7.03. The minimum atomic E-state index is -0.265. The fraction of sp³-hybridized carbons (Fsp3) is 0.619. The number of amides is 1. The van der Waals surface area contributed by atoms with Crippen molar-refractivity contribution in [2.45, 2.75) is 71.6 Å². The lowest BCUT2D eigenvalue weighted by Crippen LogP contribution is -2.26. The molecule has 1 saturated carbocycles. The van der Waals surface area contributed by atoms with Crippen molar-refractivity contribution in [1.29, 1.82) is 0 Å². The highest BCUT2D eigenvalue weighted by atomic mass is 16.5. The number of benzene rings is 1. The van der Waals surface area contributed by atoms with Crippen LogP contribution in [0.5, 0.6) is 0 Å². The SMILES string of the molecule is CC(C)c1cccc(C(C)C)c1NC(=O)COC(=O)C1CCCCC1. The zero-order chi connectivity index (χ0) is 18.4. The van der Waals surface area contributed by atoms with Gasteiger partial charge in [0, 0.05) is 5.69 Å². The number of esters is 1. The molecule has 0 heterocycles. The molecule has 0 atom stereocenters. The summed E-state index contributed by atoms with van der Waals surface area (Å²) in [6.45, 7) is 8.23. The summed E-state index contributed by atoms with van der Waals surface area (Å²) in [6.07, 6.45) is 5.10. The van der Waals surface area contributed by atoms with E-state index in [4.69, 9.17) is 4.74 Å². The minimum absolute atomic E-state index is 0.0317. The summed E-state index contributed by atoms with van der Waals surface area (Å²) >= 11 is 0. The molecule has 1 aliphatic carbocycles. The van der Waals surface area contributed by atoms with Crippen LogP contribution in [-0.4, -0.2) is 18.5 Å². The van der Waals surface area contributed by atoms with Gasteiger partial charge in [-0.15, -0.1) is 0 Å². The molecule has 1 aromatic carbocycles. The molecule has 0 radical (unpaired) electrons. The Morgan fingerprint density at radius 2 is 1.60 bits per heavy atom. The van der Waals surface area contributed by atoms with Gasteiger partial charge in [-0.1, -0.05) is 65.2 Å². The number of ether oxygens (including phenoxy) is 1. The molecule has 138 valence electrons. The van der Waals surface area contributed by atoms with Gasteiger partial charge in [-0.3, -0.25) is 9.59 Å². The van der Waals surface area contributed by atoms with E-state index in [9.17, 15) is 9.59 Å². The average Bonchev–Trinajstić information content (AvgIpc) is 2.60. The first kappa shape index (κ1) is 19.5. The number of carbonyl (C=O) groups is 2. The highest BCUT2D eigenvalue weighted by molar-refractivity contribution is 5.94. The van der Waals surface area contributed by atoms with E-state index in [0.717, 1.165) is 42.5 Å². The van der Waals surface area contributed by atoms with E-state index >= 15 is 0 Å². The van der Waals surface area contributed by atoms with Crippen LogP contribution in [0.25, 0.3) is 0 Å². The van der Waals surface area contributed by atoms with E-state index in [1.165, 1.54) is 6.42 Å². The summed E-state index contributed by atoms with van der Waals surface area (Å²) in [5, 5.41) is 2.98. The van der Waals surface area contributed by atoms with E-state index in [0.29, 0.717) is 11.8 Å². The number of hydrogen-bond donors (Lipinski definition) is 1. The van der Waals surface area contributed by atoms with Crippen LogP contribution < -0.4 is 5.32 Å². The smallest absolute Gasteiger partial charge is 0.309 e. The molecule has 4 nitrogen and oxygen atoms in total. The second kappa shape index (κ2) is 9.02. The molecule has 0 aliphatic heterocycles. The lowest BCUT2D eigenvalue weighted by atomic mass is 9.89. The predicted molar refractivity (Wildman–Crippen MR) is 101 cm³/mol. The van der Waals surface area contributed by atoms with Crippen LogP contribution in [-0.2, 0) is 14.3 Å². The number of nitrogens with one attached hydrogen (secondary N) is 1. The standard InChI is InChI=1S/C21H31NO3/c1-14(2)17-11-8-12-18(15(3)4)20(17)22-19(23)13-25-21(24)16-9-6-5-7-10-16/h8,11-12,14-16H,5-7,9-10,13H2,1-4H3,(H,22,23). The molecule has 1 aliphatic rings. The van der Waals surface area contributed by atoms with E-state index < -0.39 is 0 Å². The summed E-state index contributed by atoms with van der Waals surface area (Å²) < 4.78 is 5.27. The normalized spacial score (nSPS) is 15.4. The molecule has 0 unspecified atom stereocenters. The number of anilines is 1. The van der Waals surface area contributed by atoms with Gasteiger partial charge in [-0.05, 0) is 35.8 Å². The third kappa shape index (κ3) is 5.32. The van der Waals surface area contributed by atoms with Gasteiger partial charge < -0.3 is 10.1 Å². The van der Waals surface area contributed by atoms with Crippen molar-refractivity contribution in [3.8, 4) is 0 Å². The summed E-state index contributed by atoms with van der Waals surface area (Å²) in [6, 6.07) is 6.11. The van der Waals surface area contributed by atoms with Gasteiger partial charge >= 0.3 is 5.97 Å². The quantitative estimate of drug-likeness (QED) is 0.739. The van der Waals surface area contributed by atoms with Gasteiger partial charge in [-0.25, -0.2) is 0 Å². The first-order valence-electron chi connectivity index (χ1n) is 9.49. The van der Waals surface area contributed by atoms with Gasteiger partial charge in [-0.2, -0.15) is 0 Å². The van der Waals surface area contributed by atoms with Crippen molar-refractivity contribution in [2.24, 2.45) is 5.92 Å². The molecule has 1 N–H and O–H groups in total. The van der Waals surface area contributed by atoms with Crippen LogP contribution in [0, 0.1) is 5.92 Å². The molecular weight excluding hydrogens is 314 g/mol. The molecule has 1 amide bonds. The fourth-order valence-electron chi connectivity index (χ4n) is 3.46. The van der Waals surface area contributed by atoms with Crippen LogP contribution in [0.1, 0.15) is 82.8 Å². The molecule has 0 spiro atoms. The summed E-state index contributed by atoms with van der Waals surface area (Å²) in [5.41, 5.74) is 3.09. The van der Waals surface area contributed by atoms with Crippen molar-refractivity contribution in [2.75, 3.05) is 11.9 Å². The summed E-state index contributed by atoms with van der Waals surface area (Å²) in [5.74, 6) is 0.0866. The van der Waals surface area contributed by atoms with Crippen LogP contribution in [0.3, 0.4) is 0 Å². The molecular formula is C21H31NO3. The molecule has 0 saturated heterocycles. The molecule has 0 aromatic heterocycles. The van der Waals surface area contributed by atoms with E-state index in [2.05, 4.69) is 33.0 Å². The monoisotopic (exact) mass is 345 g/mol. The molecule has 0 bridgehead atoms. The molecule has 2 rings (SSSR count). The van der Waals surface area contributed by atoms with Gasteiger partial charge in [0.25, 0.3) is 5.91 Å². The van der Waals surface area contributed by atoms with Crippen molar-refractivity contribution in [1.82, 2.24) is 0 Å². The Morgan fingerprint density at radius 3 is 2.12 bits per heavy atom. The van der Waals surface area contributed by atoms with E-state index in [-0.39, 0.29) is 24.4 Å². The topological polar surface area (TPSA) is 55.4 Å². The zero-order valence-corrected chi connectivity index (χ0v) is 15.9. The van der Waals surface area contributed by atoms with Crippen LogP contribution in [0.2, 0.25) is 0 Å². The van der Waals surface area contributed by atoms with Crippen molar-refractivity contribution in [3.05, 3.63) is 29.3 Å². The maximum atomic E-state index is 12.4. The number of hydrogen-bond acceptors (Lipinski definition) is 3. The molecule has 1 fully saturated rings. The number of rotatable bonds is 6. The van der Waals surface area contributed by atoms with Crippen molar-refractivity contribution in [3.63, 3.8) is 0 Å². The first-order valence-corrected chi connectivity index (χ1v) is 9.49. The molecule has 25 heavy (non-hydrogen) atoms. The van der Waals surface area contributed by atoms with Crippen molar-refractivity contribution >= 4 is 17.6 Å². The van der Waals surface area contributed by atoms with Gasteiger partial charge in [0.15, 0.2) is 6.61 Å². The fourth-order valence-corrected chi connectivity index (χ4v) is 3.46. The Hall–Kier alpha value is -1.84. The van der Waals surface area contributed by atoms with Crippen LogP contribution in [0.15, 0.2) is 18.2 Å². The first-order chi connectivity index (χ1) is 11.9. The molecule has 1 aromatic rings. The minimum Gasteiger partial charge on any atom is -0.455 e. The predicted octanol–water partition coefficient (Wildman–Crippen LogP) is 5.00. The lowest BCUT2D eigenvalue weighted by molar-refractivity contribution is -0.152. The number of carbonyl (C=O) groups excluding carboxylic acids is 2. The van der Waals surface area contributed by atoms with Gasteiger partial charge in [0.05, 0.1) is 5.92 Å². The largest absolute Gasteiger partial charge is 0.455 e. The number of para-hydroxylation sites is 1. The second-order valence-electron chi connectivity index (χ2n) is 7.61. The maximum absolute atomic E-state index is 12.4. The third-order valence-electron chi connectivity index (χ3n) is 4.92.